The number of carbonyl (C=O) groups excluding carboxylic acids is 1. The van der Waals surface area contributed by atoms with E-state index in [4.69, 9.17) is 4.74 Å². The fraction of sp³-hybridized carbons (Fsp3) is 0.462. The monoisotopic (exact) mass is 283 g/mol. The van der Waals surface area contributed by atoms with Gasteiger partial charge in [-0.1, -0.05) is 13.3 Å². The molecule has 0 bridgehead atoms. The molecule has 0 aliphatic carbocycles. The van der Waals surface area contributed by atoms with Gasteiger partial charge in [0.1, 0.15) is 5.75 Å². The molecule has 19 heavy (non-hydrogen) atoms. The SMILES string of the molecule is CCCCC1Oc2ccc(NS(C)(=O)=O)cc2C1=O. The van der Waals surface area contributed by atoms with Crippen molar-refractivity contribution in [3.8, 4) is 5.75 Å². The van der Waals surface area contributed by atoms with E-state index in [-0.39, 0.29) is 5.78 Å². The van der Waals surface area contributed by atoms with Gasteiger partial charge in [0.05, 0.1) is 11.8 Å². The average molecular weight is 283 g/mol. The van der Waals surface area contributed by atoms with Crippen LogP contribution < -0.4 is 9.46 Å². The van der Waals surface area contributed by atoms with Gasteiger partial charge in [0, 0.05) is 5.69 Å². The topological polar surface area (TPSA) is 72.5 Å². The first-order valence-corrected chi connectivity index (χ1v) is 8.12. The molecule has 1 heterocycles. The lowest BCUT2D eigenvalue weighted by Crippen LogP contribution is -2.20. The van der Waals surface area contributed by atoms with E-state index >= 15 is 0 Å². The Labute approximate surface area is 113 Å². The predicted molar refractivity (Wildman–Crippen MR) is 73.2 cm³/mol. The standard InChI is InChI=1S/C13H17NO4S/c1-3-4-5-12-13(15)10-8-9(14-19(2,16)17)6-7-11(10)18-12/h6-8,12,14H,3-5H2,1-2H3. The average Bonchev–Trinajstić information content (AvgIpc) is 2.62. The molecular weight excluding hydrogens is 266 g/mol. The second kappa shape index (κ2) is 5.21. The summed E-state index contributed by atoms with van der Waals surface area (Å²) in [4.78, 5) is 12.1. The molecule has 0 amide bonds. The molecule has 1 N–H and O–H groups in total. The van der Waals surface area contributed by atoms with Crippen LogP contribution in [0.25, 0.3) is 0 Å². The molecule has 6 heteroatoms. The van der Waals surface area contributed by atoms with Crippen molar-refractivity contribution in [1.29, 1.82) is 0 Å². The minimum Gasteiger partial charge on any atom is -0.482 e. The van der Waals surface area contributed by atoms with E-state index in [2.05, 4.69) is 11.6 Å². The predicted octanol–water partition coefficient (Wildman–Crippen LogP) is 2.19. The summed E-state index contributed by atoms with van der Waals surface area (Å²) in [6.45, 7) is 2.06. The maximum atomic E-state index is 12.1. The van der Waals surface area contributed by atoms with Crippen molar-refractivity contribution < 1.29 is 17.9 Å². The normalized spacial score (nSPS) is 18.0. The maximum absolute atomic E-state index is 12.1. The fourth-order valence-electron chi connectivity index (χ4n) is 2.06. The number of nitrogens with one attached hydrogen (secondary N) is 1. The fourth-order valence-corrected chi connectivity index (χ4v) is 2.62. The molecule has 0 saturated heterocycles. The molecule has 2 rings (SSSR count). The summed E-state index contributed by atoms with van der Waals surface area (Å²) in [6.07, 6.45) is 3.27. The maximum Gasteiger partial charge on any atom is 0.229 e. The highest BCUT2D eigenvalue weighted by molar-refractivity contribution is 7.92. The van der Waals surface area contributed by atoms with E-state index in [0.29, 0.717) is 23.4 Å². The van der Waals surface area contributed by atoms with Crippen LogP contribution in [0.15, 0.2) is 18.2 Å². The molecule has 0 saturated carbocycles. The summed E-state index contributed by atoms with van der Waals surface area (Å²) >= 11 is 0. The van der Waals surface area contributed by atoms with Gasteiger partial charge in [-0.15, -0.1) is 0 Å². The number of Topliss-reactive ketones (excluding diaryl/α,β-unsaturated/α-hetero) is 1. The van der Waals surface area contributed by atoms with Crippen molar-refractivity contribution >= 4 is 21.5 Å². The quantitative estimate of drug-likeness (QED) is 0.899. The number of rotatable bonds is 5. The van der Waals surface area contributed by atoms with Gasteiger partial charge < -0.3 is 4.74 Å². The third-order valence-corrected chi connectivity index (χ3v) is 3.54. The highest BCUT2D eigenvalue weighted by Crippen LogP contribution is 2.33. The third-order valence-electron chi connectivity index (χ3n) is 2.93. The van der Waals surface area contributed by atoms with Gasteiger partial charge in [-0.3, -0.25) is 9.52 Å². The van der Waals surface area contributed by atoms with Gasteiger partial charge in [-0.25, -0.2) is 8.42 Å². The van der Waals surface area contributed by atoms with Crippen LogP contribution in [0.1, 0.15) is 36.5 Å². The Balaban J connectivity index is 2.20. The number of anilines is 1. The van der Waals surface area contributed by atoms with Crippen LogP contribution in [0.5, 0.6) is 5.75 Å². The number of ketones is 1. The first-order valence-electron chi connectivity index (χ1n) is 6.23. The Morgan fingerprint density at radius 1 is 1.37 bits per heavy atom. The zero-order valence-corrected chi connectivity index (χ0v) is 11.8. The van der Waals surface area contributed by atoms with E-state index in [1.54, 1.807) is 12.1 Å². The number of carbonyl (C=O) groups is 1. The van der Waals surface area contributed by atoms with Gasteiger partial charge in [0.25, 0.3) is 0 Å². The lowest BCUT2D eigenvalue weighted by Gasteiger charge is -2.07. The van der Waals surface area contributed by atoms with Gasteiger partial charge in [-0.05, 0) is 31.0 Å². The van der Waals surface area contributed by atoms with Crippen LogP contribution in [0, 0.1) is 0 Å². The summed E-state index contributed by atoms with van der Waals surface area (Å²) < 4.78 is 30.3. The van der Waals surface area contributed by atoms with Crippen molar-refractivity contribution in [1.82, 2.24) is 0 Å². The van der Waals surface area contributed by atoms with Crippen LogP contribution in [0.3, 0.4) is 0 Å². The molecule has 1 aromatic rings. The molecule has 0 aromatic heterocycles. The second-order valence-corrected chi connectivity index (χ2v) is 6.45. The molecule has 0 radical (unpaired) electrons. The van der Waals surface area contributed by atoms with Crippen LogP contribution >= 0.6 is 0 Å². The summed E-state index contributed by atoms with van der Waals surface area (Å²) in [5, 5.41) is 0. The summed E-state index contributed by atoms with van der Waals surface area (Å²) in [6, 6.07) is 4.76. The van der Waals surface area contributed by atoms with E-state index in [0.717, 1.165) is 19.1 Å². The number of sulfonamides is 1. The largest absolute Gasteiger partial charge is 0.482 e. The summed E-state index contributed by atoms with van der Waals surface area (Å²) in [5.74, 6) is 0.464. The number of hydrogen-bond donors (Lipinski definition) is 1. The minimum absolute atomic E-state index is 0.0689. The Bertz CT molecular complexity index is 595. The molecule has 0 fully saturated rings. The first-order chi connectivity index (χ1) is 8.90. The van der Waals surface area contributed by atoms with E-state index in [9.17, 15) is 13.2 Å². The molecule has 1 unspecified atom stereocenters. The Morgan fingerprint density at radius 3 is 2.74 bits per heavy atom. The molecule has 1 atom stereocenters. The van der Waals surface area contributed by atoms with Crippen molar-refractivity contribution in [2.24, 2.45) is 0 Å². The molecule has 1 aliphatic rings. The van der Waals surface area contributed by atoms with Crippen molar-refractivity contribution in [2.75, 3.05) is 11.0 Å². The van der Waals surface area contributed by atoms with Crippen molar-refractivity contribution in [3.63, 3.8) is 0 Å². The molecule has 1 aromatic carbocycles. The lowest BCUT2D eigenvalue weighted by molar-refractivity contribution is 0.0843. The highest BCUT2D eigenvalue weighted by atomic mass is 32.2. The Morgan fingerprint density at radius 2 is 2.11 bits per heavy atom. The minimum atomic E-state index is -3.34. The number of hydrogen-bond acceptors (Lipinski definition) is 4. The van der Waals surface area contributed by atoms with Crippen LogP contribution in [-0.4, -0.2) is 26.6 Å². The highest BCUT2D eigenvalue weighted by Gasteiger charge is 2.32. The molecule has 1 aliphatic heterocycles. The number of ether oxygens (including phenoxy) is 1. The van der Waals surface area contributed by atoms with E-state index in [1.165, 1.54) is 6.07 Å². The van der Waals surface area contributed by atoms with Gasteiger partial charge in [-0.2, -0.15) is 0 Å². The van der Waals surface area contributed by atoms with Crippen molar-refractivity contribution in [2.45, 2.75) is 32.3 Å². The zero-order chi connectivity index (χ0) is 14.0. The number of benzene rings is 1. The Kier molecular flexibility index (Phi) is 3.80. The number of unbranched alkanes of at least 4 members (excludes halogenated alkanes) is 1. The van der Waals surface area contributed by atoms with Gasteiger partial charge in [0.15, 0.2) is 6.10 Å². The van der Waals surface area contributed by atoms with E-state index < -0.39 is 16.1 Å². The second-order valence-electron chi connectivity index (χ2n) is 4.70. The smallest absolute Gasteiger partial charge is 0.229 e. The molecule has 5 nitrogen and oxygen atoms in total. The molecule has 104 valence electrons. The van der Waals surface area contributed by atoms with Crippen LogP contribution in [-0.2, 0) is 10.0 Å². The van der Waals surface area contributed by atoms with Crippen molar-refractivity contribution in [3.05, 3.63) is 23.8 Å². The first kappa shape index (κ1) is 13.9. The third kappa shape index (κ3) is 3.26. The lowest BCUT2D eigenvalue weighted by atomic mass is 10.0. The molecular formula is C13H17NO4S. The molecule has 0 spiro atoms. The van der Waals surface area contributed by atoms with Crippen LogP contribution in [0.4, 0.5) is 5.69 Å². The van der Waals surface area contributed by atoms with Gasteiger partial charge >= 0.3 is 0 Å². The summed E-state index contributed by atoms with van der Waals surface area (Å²) in [7, 11) is -3.34. The van der Waals surface area contributed by atoms with Crippen LogP contribution in [0.2, 0.25) is 0 Å². The van der Waals surface area contributed by atoms with E-state index in [1.807, 2.05) is 0 Å². The number of fused-ring (bicyclic) bond motifs is 1. The zero-order valence-electron chi connectivity index (χ0n) is 11.0. The Hall–Kier alpha value is -1.56. The van der Waals surface area contributed by atoms with Gasteiger partial charge in [0.2, 0.25) is 15.8 Å². The summed E-state index contributed by atoms with van der Waals surface area (Å²) in [5.41, 5.74) is 0.837.